The topological polar surface area (TPSA) is 31.2 Å². The van der Waals surface area contributed by atoms with Crippen molar-refractivity contribution in [3.8, 4) is 16.9 Å². The molecule has 0 unspecified atom stereocenters. The highest BCUT2D eigenvalue weighted by molar-refractivity contribution is 5.63. The molecule has 3 nitrogen and oxygen atoms in total. The van der Waals surface area contributed by atoms with Gasteiger partial charge in [0.15, 0.2) is 0 Å². The second-order valence-electron chi connectivity index (χ2n) is 5.10. The summed E-state index contributed by atoms with van der Waals surface area (Å²) in [6, 6.07) is 21.3. The van der Waals surface area contributed by atoms with E-state index in [0.717, 1.165) is 22.4 Å². The summed E-state index contributed by atoms with van der Waals surface area (Å²) in [5.74, 6) is 0.821. The van der Waals surface area contributed by atoms with Gasteiger partial charge in [-0.3, -0.25) is 4.79 Å². The number of methoxy groups -OCH3 is 1. The Hall–Kier alpha value is -2.81. The zero-order valence-electron chi connectivity index (χ0n) is 12.4. The minimum atomic E-state index is 0.00103. The Kier molecular flexibility index (Phi) is 4.05. The highest BCUT2D eigenvalue weighted by Crippen LogP contribution is 2.21. The molecule has 3 heteroatoms. The highest BCUT2D eigenvalue weighted by atomic mass is 16.5. The Bertz CT molecular complexity index is 805. The first-order chi connectivity index (χ1) is 10.8. The first-order valence-electron chi connectivity index (χ1n) is 7.15. The fourth-order valence-corrected chi connectivity index (χ4v) is 2.39. The highest BCUT2D eigenvalue weighted by Gasteiger charge is 2.03. The summed E-state index contributed by atoms with van der Waals surface area (Å²) < 4.78 is 6.90. The number of hydrogen-bond acceptors (Lipinski definition) is 2. The second-order valence-corrected chi connectivity index (χ2v) is 5.10. The third-order valence-corrected chi connectivity index (χ3v) is 3.60. The van der Waals surface area contributed by atoms with Crippen molar-refractivity contribution in [3.05, 3.63) is 88.8 Å². The minimum absolute atomic E-state index is 0.00103. The molecule has 0 saturated carbocycles. The van der Waals surface area contributed by atoms with Crippen LogP contribution in [0.2, 0.25) is 0 Å². The van der Waals surface area contributed by atoms with Gasteiger partial charge in [0.2, 0.25) is 0 Å². The second kappa shape index (κ2) is 6.31. The van der Waals surface area contributed by atoms with E-state index in [2.05, 4.69) is 0 Å². The number of pyridine rings is 1. The van der Waals surface area contributed by atoms with E-state index in [1.165, 1.54) is 0 Å². The minimum Gasteiger partial charge on any atom is -0.497 e. The normalized spacial score (nSPS) is 10.4. The molecule has 0 N–H and O–H groups in total. The lowest BCUT2D eigenvalue weighted by molar-refractivity contribution is 0.415. The molecule has 0 fully saturated rings. The summed E-state index contributed by atoms with van der Waals surface area (Å²) in [6.07, 6.45) is 1.90. The van der Waals surface area contributed by atoms with Gasteiger partial charge in [0.25, 0.3) is 5.56 Å². The van der Waals surface area contributed by atoms with Gasteiger partial charge in [-0.2, -0.15) is 0 Å². The van der Waals surface area contributed by atoms with Crippen LogP contribution in [0, 0.1) is 0 Å². The molecule has 1 aromatic heterocycles. The molecule has 0 saturated heterocycles. The lowest BCUT2D eigenvalue weighted by atomic mass is 10.1. The van der Waals surface area contributed by atoms with Gasteiger partial charge >= 0.3 is 0 Å². The zero-order chi connectivity index (χ0) is 15.4. The van der Waals surface area contributed by atoms with E-state index in [9.17, 15) is 4.79 Å². The number of ether oxygens (including phenoxy) is 1. The van der Waals surface area contributed by atoms with Crippen molar-refractivity contribution in [2.24, 2.45) is 0 Å². The van der Waals surface area contributed by atoms with E-state index >= 15 is 0 Å². The Balaban J connectivity index is 1.93. The molecule has 0 amide bonds. The molecule has 2 aromatic carbocycles. The molecular formula is C19H17NO2. The van der Waals surface area contributed by atoms with Gasteiger partial charge in [0.1, 0.15) is 5.75 Å². The molecule has 110 valence electrons. The van der Waals surface area contributed by atoms with Crippen LogP contribution in [0.1, 0.15) is 5.56 Å². The number of aromatic nitrogens is 1. The predicted molar refractivity (Wildman–Crippen MR) is 88.2 cm³/mol. The van der Waals surface area contributed by atoms with Crippen molar-refractivity contribution >= 4 is 0 Å². The van der Waals surface area contributed by atoms with Gasteiger partial charge in [-0.25, -0.2) is 0 Å². The SMILES string of the molecule is COc1ccc(-c2ccc(=O)n(Cc3ccccc3)c2)cc1. The number of hydrogen-bond donors (Lipinski definition) is 0. The van der Waals surface area contributed by atoms with Crippen molar-refractivity contribution in [2.75, 3.05) is 7.11 Å². The van der Waals surface area contributed by atoms with E-state index in [4.69, 9.17) is 4.74 Å². The number of rotatable bonds is 4. The molecule has 0 radical (unpaired) electrons. The first kappa shape index (κ1) is 14.1. The summed E-state index contributed by atoms with van der Waals surface area (Å²) in [4.78, 5) is 12.1. The van der Waals surface area contributed by atoms with Gasteiger partial charge in [0, 0.05) is 12.3 Å². The van der Waals surface area contributed by atoms with Crippen LogP contribution in [-0.2, 0) is 6.54 Å². The van der Waals surface area contributed by atoms with E-state index in [1.807, 2.05) is 66.9 Å². The average molecular weight is 291 g/mol. The Morgan fingerprint density at radius 3 is 2.23 bits per heavy atom. The van der Waals surface area contributed by atoms with Crippen molar-refractivity contribution in [1.29, 1.82) is 0 Å². The smallest absolute Gasteiger partial charge is 0.250 e. The van der Waals surface area contributed by atoms with Crippen molar-refractivity contribution in [2.45, 2.75) is 6.54 Å². The summed E-state index contributed by atoms with van der Waals surface area (Å²) in [6.45, 7) is 0.573. The third-order valence-electron chi connectivity index (χ3n) is 3.60. The van der Waals surface area contributed by atoms with Gasteiger partial charge in [-0.1, -0.05) is 42.5 Å². The summed E-state index contributed by atoms with van der Waals surface area (Å²) in [5, 5.41) is 0. The largest absolute Gasteiger partial charge is 0.497 e. The maximum atomic E-state index is 12.1. The van der Waals surface area contributed by atoms with Crippen LogP contribution >= 0.6 is 0 Å². The number of nitrogens with zero attached hydrogens (tertiary/aromatic N) is 1. The molecular weight excluding hydrogens is 274 g/mol. The quantitative estimate of drug-likeness (QED) is 0.736. The monoisotopic (exact) mass is 291 g/mol. The number of benzene rings is 2. The lowest BCUT2D eigenvalue weighted by Crippen LogP contribution is -2.19. The van der Waals surface area contributed by atoms with Crippen LogP contribution in [-0.4, -0.2) is 11.7 Å². The van der Waals surface area contributed by atoms with E-state index < -0.39 is 0 Å². The molecule has 0 bridgehead atoms. The molecule has 0 aliphatic carbocycles. The maximum absolute atomic E-state index is 12.1. The van der Waals surface area contributed by atoms with Crippen LogP contribution < -0.4 is 10.3 Å². The third kappa shape index (κ3) is 3.09. The Labute approximate surface area is 129 Å². The zero-order valence-corrected chi connectivity index (χ0v) is 12.4. The van der Waals surface area contributed by atoms with E-state index in [1.54, 1.807) is 17.7 Å². The molecule has 0 spiro atoms. The standard InChI is InChI=1S/C19H17NO2/c1-22-18-10-7-16(8-11-18)17-9-12-19(21)20(14-17)13-15-5-3-2-4-6-15/h2-12,14H,13H2,1H3. The van der Waals surface area contributed by atoms with E-state index in [0.29, 0.717) is 6.54 Å². The van der Waals surface area contributed by atoms with Crippen LogP contribution in [0.4, 0.5) is 0 Å². The van der Waals surface area contributed by atoms with E-state index in [-0.39, 0.29) is 5.56 Å². The lowest BCUT2D eigenvalue weighted by Gasteiger charge is -2.09. The Morgan fingerprint density at radius 2 is 1.55 bits per heavy atom. The summed E-state index contributed by atoms with van der Waals surface area (Å²) in [5.41, 5.74) is 3.18. The summed E-state index contributed by atoms with van der Waals surface area (Å²) >= 11 is 0. The molecule has 0 aliphatic rings. The molecule has 0 atom stereocenters. The first-order valence-corrected chi connectivity index (χ1v) is 7.15. The van der Waals surface area contributed by atoms with Crippen LogP contribution in [0.5, 0.6) is 5.75 Å². The van der Waals surface area contributed by atoms with Crippen LogP contribution in [0.25, 0.3) is 11.1 Å². The van der Waals surface area contributed by atoms with Gasteiger partial charge in [0.05, 0.1) is 13.7 Å². The van der Waals surface area contributed by atoms with Crippen molar-refractivity contribution in [3.63, 3.8) is 0 Å². The Morgan fingerprint density at radius 1 is 0.864 bits per heavy atom. The summed E-state index contributed by atoms with van der Waals surface area (Å²) in [7, 11) is 1.65. The van der Waals surface area contributed by atoms with Gasteiger partial charge < -0.3 is 9.30 Å². The fourth-order valence-electron chi connectivity index (χ4n) is 2.39. The van der Waals surface area contributed by atoms with Crippen molar-refractivity contribution in [1.82, 2.24) is 4.57 Å². The molecule has 3 rings (SSSR count). The molecule has 22 heavy (non-hydrogen) atoms. The molecule has 3 aromatic rings. The molecule has 0 aliphatic heterocycles. The molecule has 1 heterocycles. The van der Waals surface area contributed by atoms with Gasteiger partial charge in [-0.05, 0) is 34.9 Å². The predicted octanol–water partition coefficient (Wildman–Crippen LogP) is 3.57. The average Bonchev–Trinajstić information content (AvgIpc) is 2.58. The van der Waals surface area contributed by atoms with Crippen LogP contribution in [0.3, 0.4) is 0 Å². The fraction of sp³-hybridized carbons (Fsp3) is 0.105. The van der Waals surface area contributed by atoms with Crippen molar-refractivity contribution < 1.29 is 4.74 Å². The van der Waals surface area contributed by atoms with Crippen LogP contribution in [0.15, 0.2) is 77.7 Å². The maximum Gasteiger partial charge on any atom is 0.250 e. The van der Waals surface area contributed by atoms with Gasteiger partial charge in [-0.15, -0.1) is 0 Å².